The highest BCUT2D eigenvalue weighted by Gasteiger charge is 2.34. The number of carbonyl (C=O) groups is 2. The van der Waals surface area contributed by atoms with Crippen LogP contribution in [-0.2, 0) is 16.0 Å². The summed E-state index contributed by atoms with van der Waals surface area (Å²) >= 11 is 0. The van der Waals surface area contributed by atoms with Gasteiger partial charge in [-0.05, 0) is 24.1 Å². The summed E-state index contributed by atoms with van der Waals surface area (Å²) in [4.78, 5) is 27.9. The van der Waals surface area contributed by atoms with Crippen LogP contribution in [0.2, 0.25) is 0 Å². The average molecular weight is 244 g/mol. The highest BCUT2D eigenvalue weighted by Crippen LogP contribution is 2.34. The Labute approximate surface area is 103 Å². The van der Waals surface area contributed by atoms with Gasteiger partial charge in [-0.25, -0.2) is 0 Å². The third kappa shape index (κ3) is 1.33. The molecular weight excluding hydrogens is 232 g/mol. The van der Waals surface area contributed by atoms with Gasteiger partial charge in [-0.1, -0.05) is 6.07 Å². The number of rotatable bonds is 1. The zero-order valence-corrected chi connectivity index (χ0v) is 9.80. The molecule has 18 heavy (non-hydrogen) atoms. The molecule has 1 amide bonds. The second-order valence-corrected chi connectivity index (χ2v) is 4.51. The van der Waals surface area contributed by atoms with Gasteiger partial charge in [0.2, 0.25) is 5.91 Å². The topological polar surface area (TPSA) is 73.4 Å². The molecular formula is C13H12N2O3. The lowest BCUT2D eigenvalue weighted by Gasteiger charge is -2.19. The molecule has 2 aromatic rings. The maximum absolute atomic E-state index is 12.1. The predicted octanol–water partition coefficient (Wildman–Crippen LogP) is 1.39. The van der Waals surface area contributed by atoms with Gasteiger partial charge in [-0.15, -0.1) is 0 Å². The summed E-state index contributed by atoms with van der Waals surface area (Å²) in [5.74, 6) is -2.46. The largest absolute Gasteiger partial charge is 0.481 e. The van der Waals surface area contributed by atoms with Gasteiger partial charge in [0.15, 0.2) is 0 Å². The molecule has 3 rings (SSSR count). The molecule has 1 aromatic heterocycles. The fraction of sp³-hybridized carbons (Fsp3) is 0.231. The number of carbonyl (C=O) groups excluding carboxylic acids is 1. The number of benzene rings is 1. The summed E-state index contributed by atoms with van der Waals surface area (Å²) in [5.41, 5.74) is 2.57. The van der Waals surface area contributed by atoms with Crippen molar-refractivity contribution < 1.29 is 14.7 Å². The third-order valence-corrected chi connectivity index (χ3v) is 3.48. The zero-order valence-electron chi connectivity index (χ0n) is 9.80. The van der Waals surface area contributed by atoms with Crippen molar-refractivity contribution in [1.82, 2.24) is 4.98 Å². The quantitative estimate of drug-likeness (QED) is 0.744. The lowest BCUT2D eigenvalue weighted by atomic mass is 10.00. The Morgan fingerprint density at radius 2 is 2.28 bits per heavy atom. The summed E-state index contributed by atoms with van der Waals surface area (Å²) in [6.45, 7) is 0. The van der Waals surface area contributed by atoms with Crippen LogP contribution in [-0.4, -0.2) is 29.0 Å². The molecule has 0 saturated heterocycles. The van der Waals surface area contributed by atoms with Crippen molar-refractivity contribution in [1.29, 1.82) is 0 Å². The van der Waals surface area contributed by atoms with Crippen LogP contribution in [0.4, 0.5) is 5.69 Å². The summed E-state index contributed by atoms with van der Waals surface area (Å²) in [7, 11) is 1.62. The first-order valence-electron chi connectivity index (χ1n) is 5.69. The van der Waals surface area contributed by atoms with Crippen LogP contribution >= 0.6 is 0 Å². The Morgan fingerprint density at radius 1 is 1.50 bits per heavy atom. The van der Waals surface area contributed by atoms with E-state index in [-0.39, 0.29) is 12.3 Å². The Balaban J connectivity index is 2.27. The van der Waals surface area contributed by atoms with Crippen molar-refractivity contribution in [2.45, 2.75) is 6.42 Å². The Morgan fingerprint density at radius 3 is 3.00 bits per heavy atom. The predicted molar refractivity (Wildman–Crippen MR) is 66.5 cm³/mol. The molecule has 92 valence electrons. The first-order chi connectivity index (χ1) is 8.59. The molecule has 0 bridgehead atoms. The Bertz CT molecular complexity index is 659. The first kappa shape index (κ1) is 10.8. The van der Waals surface area contributed by atoms with Gasteiger partial charge in [0.25, 0.3) is 0 Å². The summed E-state index contributed by atoms with van der Waals surface area (Å²) < 4.78 is 0. The number of nitrogens with zero attached hydrogens (tertiary/aromatic N) is 1. The summed E-state index contributed by atoms with van der Waals surface area (Å²) in [5, 5.41) is 10.1. The van der Waals surface area contributed by atoms with E-state index in [1.165, 1.54) is 4.90 Å². The minimum absolute atomic E-state index is 0.232. The smallest absolute Gasteiger partial charge is 0.316 e. The van der Waals surface area contributed by atoms with Crippen LogP contribution in [0, 0.1) is 5.92 Å². The van der Waals surface area contributed by atoms with Crippen molar-refractivity contribution in [3.05, 3.63) is 30.0 Å². The number of nitrogens with one attached hydrogen (secondary N) is 1. The highest BCUT2D eigenvalue weighted by atomic mass is 16.4. The highest BCUT2D eigenvalue weighted by molar-refractivity contribution is 6.12. The summed E-state index contributed by atoms with van der Waals surface area (Å²) in [6.07, 6.45) is 2.02. The number of carboxylic acids is 1. The van der Waals surface area contributed by atoms with E-state index < -0.39 is 11.9 Å². The van der Waals surface area contributed by atoms with Crippen molar-refractivity contribution in [3.8, 4) is 0 Å². The Hall–Kier alpha value is -2.30. The van der Waals surface area contributed by atoms with Gasteiger partial charge in [0.1, 0.15) is 5.92 Å². The Kier molecular flexibility index (Phi) is 2.16. The lowest BCUT2D eigenvalue weighted by molar-refractivity contribution is -0.145. The van der Waals surface area contributed by atoms with Gasteiger partial charge >= 0.3 is 5.97 Å². The molecule has 5 heteroatoms. The lowest BCUT2D eigenvalue weighted by Crippen LogP contribution is -2.36. The normalized spacial score (nSPS) is 19.1. The number of hydrogen-bond acceptors (Lipinski definition) is 2. The van der Waals surface area contributed by atoms with Crippen LogP contribution < -0.4 is 4.90 Å². The van der Waals surface area contributed by atoms with Crippen LogP contribution in [0.5, 0.6) is 0 Å². The molecule has 1 aliphatic heterocycles. The monoisotopic (exact) mass is 244 g/mol. The van der Waals surface area contributed by atoms with E-state index in [9.17, 15) is 9.59 Å². The molecule has 0 aliphatic carbocycles. The van der Waals surface area contributed by atoms with Gasteiger partial charge in [0.05, 0.1) is 5.69 Å². The molecule has 1 aromatic carbocycles. The number of anilines is 1. The van der Waals surface area contributed by atoms with E-state index in [1.54, 1.807) is 13.2 Å². The fourth-order valence-electron chi connectivity index (χ4n) is 2.53. The second kappa shape index (κ2) is 3.60. The van der Waals surface area contributed by atoms with E-state index in [1.807, 2.05) is 18.2 Å². The second-order valence-electron chi connectivity index (χ2n) is 4.51. The zero-order chi connectivity index (χ0) is 12.9. The molecule has 5 nitrogen and oxygen atoms in total. The van der Waals surface area contributed by atoms with Crippen LogP contribution in [0.1, 0.15) is 5.56 Å². The van der Waals surface area contributed by atoms with E-state index in [2.05, 4.69) is 4.98 Å². The van der Waals surface area contributed by atoms with Gasteiger partial charge in [-0.3, -0.25) is 9.59 Å². The van der Waals surface area contributed by atoms with Crippen molar-refractivity contribution in [3.63, 3.8) is 0 Å². The standard InChI is InChI=1S/C13H12N2O3/c1-15-10-4-2-3-9-11(10)7(6-14-9)5-8(12(15)16)13(17)18/h2-4,6,8,14H,5H2,1H3,(H,17,18). The molecule has 1 atom stereocenters. The maximum atomic E-state index is 12.1. The molecule has 0 radical (unpaired) electrons. The van der Waals surface area contributed by atoms with Gasteiger partial charge < -0.3 is 15.0 Å². The molecule has 2 heterocycles. The number of H-pyrrole nitrogens is 1. The van der Waals surface area contributed by atoms with Crippen LogP contribution in [0.25, 0.3) is 10.9 Å². The third-order valence-electron chi connectivity index (χ3n) is 3.48. The number of hydrogen-bond donors (Lipinski definition) is 2. The van der Waals surface area contributed by atoms with Gasteiger partial charge in [-0.2, -0.15) is 0 Å². The van der Waals surface area contributed by atoms with Crippen molar-refractivity contribution in [2.24, 2.45) is 5.92 Å². The number of aromatic amines is 1. The SMILES string of the molecule is CN1C(=O)C(C(=O)O)Cc2c[nH]c3cccc1c23. The van der Waals surface area contributed by atoms with Gasteiger partial charge in [0, 0.05) is 24.1 Å². The number of aromatic nitrogens is 1. The van der Waals surface area contributed by atoms with Crippen LogP contribution in [0.3, 0.4) is 0 Å². The van der Waals surface area contributed by atoms with Crippen molar-refractivity contribution in [2.75, 3.05) is 11.9 Å². The summed E-state index contributed by atoms with van der Waals surface area (Å²) in [6, 6.07) is 5.60. The number of carboxylic acid groups (broad SMARTS) is 1. The minimum Gasteiger partial charge on any atom is -0.481 e. The van der Waals surface area contributed by atoms with Crippen molar-refractivity contribution >= 4 is 28.5 Å². The maximum Gasteiger partial charge on any atom is 0.316 e. The van der Waals surface area contributed by atoms with E-state index in [0.29, 0.717) is 0 Å². The first-order valence-corrected chi connectivity index (χ1v) is 5.69. The average Bonchev–Trinajstić information content (AvgIpc) is 2.72. The number of aliphatic carboxylic acids is 1. The fourth-order valence-corrected chi connectivity index (χ4v) is 2.53. The van der Waals surface area contributed by atoms with E-state index in [0.717, 1.165) is 22.2 Å². The number of amides is 1. The molecule has 0 spiro atoms. The van der Waals surface area contributed by atoms with E-state index in [4.69, 9.17) is 5.11 Å². The molecule has 1 aliphatic rings. The molecule has 0 fully saturated rings. The van der Waals surface area contributed by atoms with E-state index >= 15 is 0 Å². The van der Waals surface area contributed by atoms with Crippen LogP contribution in [0.15, 0.2) is 24.4 Å². The molecule has 0 saturated carbocycles. The molecule has 2 N–H and O–H groups in total. The molecule has 1 unspecified atom stereocenters. The minimum atomic E-state index is -1.07.